The van der Waals surface area contributed by atoms with Crippen LogP contribution in [0.15, 0.2) is 30.5 Å². The third-order valence-electron chi connectivity index (χ3n) is 4.79. The van der Waals surface area contributed by atoms with Gasteiger partial charge in [-0.25, -0.2) is 15.0 Å². The average Bonchev–Trinajstić information content (AvgIpc) is 2.97. The van der Waals surface area contributed by atoms with E-state index in [2.05, 4.69) is 25.6 Å². The van der Waals surface area contributed by atoms with E-state index in [-0.39, 0.29) is 11.9 Å². The summed E-state index contributed by atoms with van der Waals surface area (Å²) in [4.78, 5) is 26.5. The number of nitrogens with zero attached hydrogens (tertiary/aromatic N) is 3. The van der Waals surface area contributed by atoms with E-state index < -0.39 is 0 Å². The Hall–Kier alpha value is -2.84. The van der Waals surface area contributed by atoms with Crippen LogP contribution < -0.4 is 16.4 Å². The number of benzene rings is 1. The van der Waals surface area contributed by atoms with Gasteiger partial charge in [0, 0.05) is 42.7 Å². The highest BCUT2D eigenvalue weighted by Crippen LogP contribution is 2.23. The summed E-state index contributed by atoms with van der Waals surface area (Å²) >= 11 is 1.51. The summed E-state index contributed by atoms with van der Waals surface area (Å²) in [5, 5.41) is 6.90. The minimum Gasteiger partial charge on any atom is -0.368 e. The SMILES string of the molecule is Cc1cc(-c2ccnc(N)n2)ccc1CNC(=O)c1nc2c(s1)CCNCC2. The minimum atomic E-state index is -0.113. The van der Waals surface area contributed by atoms with Gasteiger partial charge >= 0.3 is 0 Å². The summed E-state index contributed by atoms with van der Waals surface area (Å²) in [5.74, 6) is 0.141. The van der Waals surface area contributed by atoms with Gasteiger partial charge in [0.25, 0.3) is 5.91 Å². The molecule has 7 nitrogen and oxygen atoms in total. The van der Waals surface area contributed by atoms with Gasteiger partial charge in [-0.1, -0.05) is 12.1 Å². The Bertz CT molecular complexity index is 992. The maximum Gasteiger partial charge on any atom is 0.280 e. The van der Waals surface area contributed by atoms with Gasteiger partial charge in [-0.3, -0.25) is 4.79 Å². The Balaban J connectivity index is 1.44. The van der Waals surface area contributed by atoms with Crippen molar-refractivity contribution in [3.8, 4) is 11.3 Å². The molecule has 0 bridgehead atoms. The van der Waals surface area contributed by atoms with Crippen LogP contribution in [0.25, 0.3) is 11.3 Å². The zero-order valence-electron chi connectivity index (χ0n) is 15.7. The van der Waals surface area contributed by atoms with E-state index >= 15 is 0 Å². The molecule has 0 aliphatic carbocycles. The lowest BCUT2D eigenvalue weighted by Gasteiger charge is -2.09. The van der Waals surface area contributed by atoms with E-state index in [9.17, 15) is 4.79 Å². The molecule has 1 aromatic carbocycles. The fraction of sp³-hybridized carbons (Fsp3) is 0.300. The van der Waals surface area contributed by atoms with Gasteiger partial charge in [0.2, 0.25) is 5.95 Å². The third-order valence-corrected chi connectivity index (χ3v) is 5.95. The quantitative estimate of drug-likeness (QED) is 0.626. The van der Waals surface area contributed by atoms with Crippen molar-refractivity contribution in [3.63, 3.8) is 0 Å². The average molecular weight is 395 g/mol. The Morgan fingerprint density at radius 1 is 1.25 bits per heavy atom. The van der Waals surface area contributed by atoms with Crippen LogP contribution in [0.1, 0.15) is 31.5 Å². The van der Waals surface area contributed by atoms with E-state index in [1.807, 2.05) is 31.2 Å². The van der Waals surface area contributed by atoms with Crippen LogP contribution in [-0.2, 0) is 19.4 Å². The number of anilines is 1. The number of carbonyl (C=O) groups excluding carboxylic acids is 1. The van der Waals surface area contributed by atoms with Crippen molar-refractivity contribution in [1.29, 1.82) is 0 Å². The second-order valence-electron chi connectivity index (χ2n) is 6.76. The van der Waals surface area contributed by atoms with E-state index in [1.165, 1.54) is 16.2 Å². The number of nitrogens with one attached hydrogen (secondary N) is 2. The van der Waals surface area contributed by atoms with Crippen LogP contribution in [0.4, 0.5) is 5.95 Å². The number of carbonyl (C=O) groups is 1. The monoisotopic (exact) mass is 394 g/mol. The minimum absolute atomic E-state index is 0.113. The van der Waals surface area contributed by atoms with Gasteiger partial charge in [-0.15, -0.1) is 11.3 Å². The van der Waals surface area contributed by atoms with Gasteiger partial charge in [-0.2, -0.15) is 0 Å². The maximum atomic E-state index is 12.5. The van der Waals surface area contributed by atoms with Crippen molar-refractivity contribution in [2.24, 2.45) is 0 Å². The van der Waals surface area contributed by atoms with Gasteiger partial charge in [0.15, 0.2) is 5.01 Å². The zero-order valence-corrected chi connectivity index (χ0v) is 16.5. The molecule has 8 heteroatoms. The van der Waals surface area contributed by atoms with Gasteiger partial charge in [-0.05, 0) is 36.6 Å². The van der Waals surface area contributed by atoms with Gasteiger partial charge < -0.3 is 16.4 Å². The standard InChI is InChI=1S/C20H22N6OS/c1-12-10-13(15-5-9-23-20(21)26-15)2-3-14(12)11-24-18(27)19-25-16-4-7-22-8-6-17(16)28-19/h2-3,5,9-10,22H,4,6-8,11H2,1H3,(H,24,27)(H2,21,23,26). The number of nitrogen functional groups attached to an aromatic ring is 1. The van der Waals surface area contributed by atoms with E-state index in [0.29, 0.717) is 11.6 Å². The molecule has 4 N–H and O–H groups in total. The lowest BCUT2D eigenvalue weighted by Crippen LogP contribution is -2.23. The molecule has 0 saturated heterocycles. The van der Waals surface area contributed by atoms with Crippen LogP contribution in [0.5, 0.6) is 0 Å². The highest BCUT2D eigenvalue weighted by molar-refractivity contribution is 7.13. The highest BCUT2D eigenvalue weighted by atomic mass is 32.1. The molecule has 0 fully saturated rings. The molecule has 1 aliphatic heterocycles. The summed E-state index contributed by atoms with van der Waals surface area (Å²) < 4.78 is 0. The third kappa shape index (κ3) is 4.02. The van der Waals surface area contributed by atoms with E-state index in [4.69, 9.17) is 5.73 Å². The van der Waals surface area contributed by atoms with Crippen molar-refractivity contribution in [2.75, 3.05) is 18.8 Å². The number of hydrogen-bond donors (Lipinski definition) is 3. The molecule has 0 spiro atoms. The molecule has 28 heavy (non-hydrogen) atoms. The number of nitrogens with two attached hydrogens (primary N) is 1. The van der Waals surface area contributed by atoms with Crippen molar-refractivity contribution in [1.82, 2.24) is 25.6 Å². The summed E-state index contributed by atoms with van der Waals surface area (Å²) in [6.07, 6.45) is 3.47. The first-order chi connectivity index (χ1) is 13.6. The largest absolute Gasteiger partial charge is 0.368 e. The predicted octanol–water partition coefficient (Wildman–Crippen LogP) is 2.11. The van der Waals surface area contributed by atoms with Crippen LogP contribution >= 0.6 is 11.3 Å². The number of aryl methyl sites for hydroxylation is 1. The molecular formula is C20H22N6OS. The van der Waals surface area contributed by atoms with Crippen molar-refractivity contribution in [2.45, 2.75) is 26.3 Å². The molecule has 1 amide bonds. The van der Waals surface area contributed by atoms with Crippen molar-refractivity contribution < 1.29 is 4.79 Å². The Morgan fingerprint density at radius 2 is 2.11 bits per heavy atom. The molecule has 3 aromatic rings. The second-order valence-corrected chi connectivity index (χ2v) is 7.85. The van der Waals surface area contributed by atoms with Crippen LogP contribution in [-0.4, -0.2) is 33.9 Å². The van der Waals surface area contributed by atoms with Crippen LogP contribution in [0, 0.1) is 6.92 Å². The van der Waals surface area contributed by atoms with Crippen molar-refractivity contribution >= 4 is 23.2 Å². The Morgan fingerprint density at radius 3 is 2.93 bits per heavy atom. The summed E-state index contributed by atoms with van der Waals surface area (Å²) in [5.41, 5.74) is 10.6. The molecular weight excluding hydrogens is 372 g/mol. The number of fused-ring (bicyclic) bond motifs is 1. The Labute approximate surface area is 167 Å². The Kier molecular flexibility index (Phi) is 5.31. The zero-order chi connectivity index (χ0) is 19.5. The fourth-order valence-corrected chi connectivity index (χ4v) is 4.27. The first kappa shape index (κ1) is 18.5. The second kappa shape index (κ2) is 8.04. The van der Waals surface area contributed by atoms with E-state index in [1.54, 1.807) is 6.20 Å². The molecule has 0 unspecified atom stereocenters. The maximum absolute atomic E-state index is 12.5. The molecule has 1 aliphatic rings. The van der Waals surface area contributed by atoms with Crippen LogP contribution in [0.3, 0.4) is 0 Å². The molecule has 0 atom stereocenters. The van der Waals surface area contributed by atoms with Crippen molar-refractivity contribution in [3.05, 3.63) is 57.2 Å². The predicted molar refractivity (Wildman–Crippen MR) is 110 cm³/mol. The fourth-order valence-electron chi connectivity index (χ4n) is 3.24. The molecule has 144 valence electrons. The summed E-state index contributed by atoms with van der Waals surface area (Å²) in [7, 11) is 0. The first-order valence-corrected chi connectivity index (χ1v) is 10.1. The smallest absolute Gasteiger partial charge is 0.280 e. The summed E-state index contributed by atoms with van der Waals surface area (Å²) in [6.45, 7) is 4.35. The van der Waals surface area contributed by atoms with Crippen LogP contribution in [0.2, 0.25) is 0 Å². The molecule has 0 radical (unpaired) electrons. The topological polar surface area (TPSA) is 106 Å². The van der Waals surface area contributed by atoms with Gasteiger partial charge in [0.1, 0.15) is 0 Å². The van der Waals surface area contributed by atoms with E-state index in [0.717, 1.165) is 54.0 Å². The lowest BCUT2D eigenvalue weighted by atomic mass is 10.0. The number of aromatic nitrogens is 3. The highest BCUT2D eigenvalue weighted by Gasteiger charge is 2.18. The molecule has 4 rings (SSSR count). The summed E-state index contributed by atoms with van der Waals surface area (Å²) in [6, 6.07) is 7.86. The number of thiazole rings is 1. The number of hydrogen-bond acceptors (Lipinski definition) is 7. The molecule has 0 saturated carbocycles. The number of rotatable bonds is 4. The molecule has 3 heterocycles. The normalized spacial score (nSPS) is 13.6. The first-order valence-electron chi connectivity index (χ1n) is 9.26. The lowest BCUT2D eigenvalue weighted by molar-refractivity contribution is 0.0950. The van der Waals surface area contributed by atoms with Gasteiger partial charge in [0.05, 0.1) is 11.4 Å². The number of amides is 1. The molecule has 2 aromatic heterocycles.